The molecule has 1 aliphatic heterocycles. The number of hydrogen-bond acceptors (Lipinski definition) is 6. The number of carbonyl (C=O) groups is 2. The first-order valence-electron chi connectivity index (χ1n) is 10.3. The van der Waals surface area contributed by atoms with E-state index in [0.717, 1.165) is 5.56 Å². The molecule has 35 heavy (non-hydrogen) atoms. The molecule has 4 rings (SSSR count). The Morgan fingerprint density at radius 1 is 1.03 bits per heavy atom. The predicted octanol–water partition coefficient (Wildman–Crippen LogP) is 5.91. The number of ether oxygens (including phenoxy) is 2. The number of thioether (sulfide) groups is 1. The lowest BCUT2D eigenvalue weighted by Gasteiger charge is -2.11. The van der Waals surface area contributed by atoms with Gasteiger partial charge in [0, 0.05) is 15.7 Å². The number of rotatable bonds is 7. The van der Waals surface area contributed by atoms with Gasteiger partial charge in [-0.2, -0.15) is 0 Å². The van der Waals surface area contributed by atoms with Gasteiger partial charge in [0.15, 0.2) is 23.3 Å². The number of amides is 2. The van der Waals surface area contributed by atoms with E-state index in [1.165, 1.54) is 18.9 Å². The highest BCUT2D eigenvalue weighted by atomic mass is 35.5. The number of carbonyl (C=O) groups excluding carboxylic acids is 2. The summed E-state index contributed by atoms with van der Waals surface area (Å²) in [5.74, 6) is 0.250. The van der Waals surface area contributed by atoms with E-state index < -0.39 is 0 Å². The van der Waals surface area contributed by atoms with E-state index in [9.17, 15) is 9.59 Å². The lowest BCUT2D eigenvalue weighted by atomic mass is 10.2. The molecular formula is C25H19Cl2N3O4S. The number of hydrogen-bond donors (Lipinski definition) is 2. The molecule has 0 aliphatic carbocycles. The monoisotopic (exact) mass is 527 g/mol. The summed E-state index contributed by atoms with van der Waals surface area (Å²) in [6.07, 6.45) is 1.73. The van der Waals surface area contributed by atoms with Crippen molar-refractivity contribution in [2.45, 2.75) is 0 Å². The van der Waals surface area contributed by atoms with Gasteiger partial charge in [-0.1, -0.05) is 29.3 Å². The highest BCUT2D eigenvalue weighted by Crippen LogP contribution is 2.32. The van der Waals surface area contributed by atoms with E-state index >= 15 is 0 Å². The van der Waals surface area contributed by atoms with E-state index in [2.05, 4.69) is 15.6 Å². The first-order valence-corrected chi connectivity index (χ1v) is 11.9. The summed E-state index contributed by atoms with van der Waals surface area (Å²) < 4.78 is 11.0. The molecular weight excluding hydrogens is 509 g/mol. The predicted molar refractivity (Wildman–Crippen MR) is 141 cm³/mol. The molecule has 2 amide bonds. The van der Waals surface area contributed by atoms with Crippen LogP contribution in [0, 0.1) is 0 Å². The third-order valence-electron chi connectivity index (χ3n) is 4.68. The summed E-state index contributed by atoms with van der Waals surface area (Å²) in [6.45, 7) is -0.206. The van der Waals surface area contributed by atoms with Crippen LogP contribution < -0.4 is 20.1 Å². The van der Waals surface area contributed by atoms with Crippen molar-refractivity contribution in [3.63, 3.8) is 0 Å². The number of halogens is 2. The van der Waals surface area contributed by atoms with Crippen LogP contribution in [0.2, 0.25) is 10.0 Å². The fourth-order valence-electron chi connectivity index (χ4n) is 3.03. The van der Waals surface area contributed by atoms with Crippen molar-refractivity contribution in [1.82, 2.24) is 5.32 Å². The maximum Gasteiger partial charge on any atom is 0.264 e. The van der Waals surface area contributed by atoms with Gasteiger partial charge in [-0.05, 0) is 84.1 Å². The number of methoxy groups -OCH3 is 1. The third-order valence-corrected chi connectivity index (χ3v) is 6.09. The maximum absolute atomic E-state index is 12.4. The van der Waals surface area contributed by atoms with Gasteiger partial charge in [0.1, 0.15) is 0 Å². The topological polar surface area (TPSA) is 89.0 Å². The Balaban J connectivity index is 1.41. The molecule has 2 N–H and O–H groups in total. The summed E-state index contributed by atoms with van der Waals surface area (Å²) in [5.41, 5.74) is 2.02. The van der Waals surface area contributed by atoms with Crippen LogP contribution >= 0.6 is 35.0 Å². The van der Waals surface area contributed by atoms with E-state index in [1.807, 2.05) is 0 Å². The normalized spacial score (nSPS) is 15.2. The number of aliphatic imine (C=N–C) groups is 1. The average molecular weight is 528 g/mol. The summed E-state index contributed by atoms with van der Waals surface area (Å²) >= 11 is 13.0. The Kier molecular flexibility index (Phi) is 7.97. The number of nitrogens with zero attached hydrogens (tertiary/aromatic N) is 1. The summed E-state index contributed by atoms with van der Waals surface area (Å²) in [7, 11) is 1.50. The molecule has 7 nitrogen and oxygen atoms in total. The molecule has 1 aliphatic rings. The van der Waals surface area contributed by atoms with Gasteiger partial charge in [0.05, 0.1) is 17.7 Å². The van der Waals surface area contributed by atoms with Crippen LogP contribution in [0.5, 0.6) is 11.5 Å². The van der Waals surface area contributed by atoms with Crippen LogP contribution in [0.15, 0.2) is 76.6 Å². The van der Waals surface area contributed by atoms with E-state index in [1.54, 1.807) is 72.8 Å². The van der Waals surface area contributed by atoms with Crippen LogP contribution in [0.25, 0.3) is 6.08 Å². The Morgan fingerprint density at radius 3 is 2.40 bits per heavy atom. The first-order chi connectivity index (χ1) is 16.9. The average Bonchev–Trinajstić information content (AvgIpc) is 3.19. The molecule has 0 spiro atoms. The van der Waals surface area contributed by atoms with Crippen LogP contribution in [0.4, 0.5) is 11.4 Å². The second kappa shape index (κ2) is 11.3. The van der Waals surface area contributed by atoms with Gasteiger partial charge in [0.25, 0.3) is 11.8 Å². The Hall–Kier alpha value is -3.46. The summed E-state index contributed by atoms with van der Waals surface area (Å²) in [6, 6.07) is 18.9. The van der Waals surface area contributed by atoms with Gasteiger partial charge < -0.3 is 20.1 Å². The molecule has 0 saturated carbocycles. The molecule has 0 atom stereocenters. The maximum atomic E-state index is 12.4. The molecule has 0 radical (unpaired) electrons. The van der Waals surface area contributed by atoms with Crippen molar-refractivity contribution < 1.29 is 19.1 Å². The smallest absolute Gasteiger partial charge is 0.264 e. The largest absolute Gasteiger partial charge is 0.493 e. The molecule has 3 aromatic carbocycles. The molecule has 0 aromatic heterocycles. The zero-order valence-electron chi connectivity index (χ0n) is 18.4. The highest BCUT2D eigenvalue weighted by molar-refractivity contribution is 8.18. The van der Waals surface area contributed by atoms with Crippen molar-refractivity contribution in [2.24, 2.45) is 4.99 Å². The van der Waals surface area contributed by atoms with E-state index in [0.29, 0.717) is 43.0 Å². The molecule has 0 bridgehead atoms. The minimum Gasteiger partial charge on any atom is -0.493 e. The van der Waals surface area contributed by atoms with Crippen LogP contribution in [0.1, 0.15) is 5.56 Å². The zero-order valence-corrected chi connectivity index (χ0v) is 20.7. The molecule has 1 saturated heterocycles. The van der Waals surface area contributed by atoms with E-state index in [4.69, 9.17) is 32.7 Å². The van der Waals surface area contributed by atoms with Gasteiger partial charge in [0.2, 0.25) is 0 Å². The fraction of sp³-hybridized carbons (Fsp3) is 0.0800. The zero-order chi connectivity index (χ0) is 24.8. The standard InChI is InChI=1S/C25H19Cl2N3O4S/c1-33-21-12-15(2-11-20(21)34-14-23(31)28-18-7-3-16(26)4-8-18)13-22-24(32)30-25(35-22)29-19-9-5-17(27)6-10-19/h2-13H,14H2,1H3,(H,28,31)(H,29,30,32)/b22-13-. The molecule has 1 fully saturated rings. The van der Waals surface area contributed by atoms with Crippen molar-refractivity contribution in [1.29, 1.82) is 0 Å². The van der Waals surface area contributed by atoms with Crippen LogP contribution in [-0.4, -0.2) is 30.7 Å². The van der Waals surface area contributed by atoms with Crippen molar-refractivity contribution in [2.75, 3.05) is 19.0 Å². The van der Waals surface area contributed by atoms with Gasteiger partial charge in [-0.15, -0.1) is 0 Å². The van der Waals surface area contributed by atoms with Crippen molar-refractivity contribution in [3.8, 4) is 11.5 Å². The summed E-state index contributed by atoms with van der Waals surface area (Å²) in [5, 5.41) is 7.14. The number of nitrogens with one attached hydrogen (secondary N) is 2. The van der Waals surface area contributed by atoms with Gasteiger partial charge in [-0.3, -0.25) is 9.59 Å². The molecule has 178 valence electrons. The second-order valence-corrected chi connectivity index (χ2v) is 9.12. The number of amidine groups is 1. The molecule has 0 unspecified atom stereocenters. The second-order valence-electron chi connectivity index (χ2n) is 7.21. The number of anilines is 1. The Morgan fingerprint density at radius 2 is 1.71 bits per heavy atom. The van der Waals surface area contributed by atoms with Gasteiger partial charge in [-0.25, -0.2) is 4.99 Å². The highest BCUT2D eigenvalue weighted by Gasteiger charge is 2.24. The Labute approximate surface area is 216 Å². The Bertz CT molecular complexity index is 1310. The van der Waals surface area contributed by atoms with E-state index in [-0.39, 0.29) is 18.4 Å². The van der Waals surface area contributed by atoms with Crippen LogP contribution in [0.3, 0.4) is 0 Å². The quantitative estimate of drug-likeness (QED) is 0.372. The molecule has 10 heteroatoms. The SMILES string of the molecule is COc1cc(/C=C2\SC(=Nc3ccc(Cl)cc3)NC2=O)ccc1OCC(=O)Nc1ccc(Cl)cc1. The summed E-state index contributed by atoms with van der Waals surface area (Å²) in [4.78, 5) is 29.5. The minimum absolute atomic E-state index is 0.206. The lowest BCUT2D eigenvalue weighted by Crippen LogP contribution is -2.20. The third kappa shape index (κ3) is 6.79. The number of benzene rings is 3. The fourth-order valence-corrected chi connectivity index (χ4v) is 4.13. The molecule has 3 aromatic rings. The van der Waals surface area contributed by atoms with Crippen molar-refractivity contribution >= 4 is 69.4 Å². The minimum atomic E-state index is -0.327. The van der Waals surface area contributed by atoms with Crippen molar-refractivity contribution in [3.05, 3.63) is 87.2 Å². The van der Waals surface area contributed by atoms with Gasteiger partial charge >= 0.3 is 0 Å². The lowest BCUT2D eigenvalue weighted by molar-refractivity contribution is -0.118. The first kappa shape index (κ1) is 24.7. The molecule has 1 heterocycles. The van der Waals surface area contributed by atoms with Crippen LogP contribution in [-0.2, 0) is 9.59 Å².